The van der Waals surface area contributed by atoms with Crippen LogP contribution in [0.3, 0.4) is 0 Å². The number of carboxylic acid groups (broad SMARTS) is 1. The van der Waals surface area contributed by atoms with E-state index in [-0.39, 0.29) is 6.42 Å². The number of hydrogen-bond donors (Lipinski definition) is 1. The molecule has 1 aromatic carbocycles. The van der Waals surface area contributed by atoms with Crippen LogP contribution in [-0.4, -0.2) is 41.7 Å². The first-order chi connectivity index (χ1) is 13.3. The Morgan fingerprint density at radius 1 is 1.11 bits per heavy atom. The molecule has 0 radical (unpaired) electrons. The van der Waals surface area contributed by atoms with Crippen LogP contribution in [0.1, 0.15) is 77.2 Å². The Bertz CT molecular complexity index is 626. The Morgan fingerprint density at radius 3 is 2.39 bits per heavy atom. The lowest BCUT2D eigenvalue weighted by atomic mass is 9.72. The summed E-state index contributed by atoms with van der Waals surface area (Å²) in [5.74, 6) is 1.68. The van der Waals surface area contributed by atoms with Crippen molar-refractivity contribution < 1.29 is 14.6 Å². The maximum absolute atomic E-state index is 10.7. The molecule has 1 N–H and O–H groups in total. The molecule has 156 valence electrons. The Morgan fingerprint density at radius 2 is 1.79 bits per heavy atom. The predicted octanol–water partition coefficient (Wildman–Crippen LogP) is 5.32. The normalized spacial score (nSPS) is 26.3. The molecule has 1 aliphatic heterocycles. The van der Waals surface area contributed by atoms with Crippen molar-refractivity contribution in [2.24, 2.45) is 11.3 Å². The molecular formula is C24H37NO3. The van der Waals surface area contributed by atoms with E-state index in [4.69, 9.17) is 9.84 Å². The number of likely N-dealkylation sites (tertiary alicyclic amines) is 1. The summed E-state index contributed by atoms with van der Waals surface area (Å²) >= 11 is 0. The number of ether oxygens (including phenoxy) is 1. The predicted molar refractivity (Wildman–Crippen MR) is 113 cm³/mol. The van der Waals surface area contributed by atoms with Crippen LogP contribution < -0.4 is 4.74 Å². The summed E-state index contributed by atoms with van der Waals surface area (Å²) in [6.07, 6.45) is 7.40. The van der Waals surface area contributed by atoms with Gasteiger partial charge in [0.2, 0.25) is 0 Å². The van der Waals surface area contributed by atoms with E-state index < -0.39 is 5.97 Å². The summed E-state index contributed by atoms with van der Waals surface area (Å²) in [4.78, 5) is 13.1. The van der Waals surface area contributed by atoms with Gasteiger partial charge in [-0.05, 0) is 86.6 Å². The van der Waals surface area contributed by atoms with Gasteiger partial charge < -0.3 is 14.7 Å². The average molecular weight is 388 g/mol. The van der Waals surface area contributed by atoms with Crippen molar-refractivity contribution in [3.05, 3.63) is 29.8 Å². The number of carbonyl (C=O) groups is 1. The highest BCUT2D eigenvalue weighted by Gasteiger charge is 2.30. The fourth-order valence-corrected chi connectivity index (χ4v) is 4.82. The first-order valence-corrected chi connectivity index (χ1v) is 11.0. The zero-order valence-corrected chi connectivity index (χ0v) is 17.8. The molecule has 1 heterocycles. The van der Waals surface area contributed by atoms with E-state index in [1.54, 1.807) is 0 Å². The molecule has 3 rings (SSSR count). The van der Waals surface area contributed by atoms with Crippen molar-refractivity contribution in [2.45, 2.75) is 77.7 Å². The summed E-state index contributed by atoms with van der Waals surface area (Å²) in [5, 5.41) is 8.78. The molecule has 1 aliphatic carbocycles. The van der Waals surface area contributed by atoms with E-state index in [1.165, 1.54) is 18.4 Å². The van der Waals surface area contributed by atoms with Crippen molar-refractivity contribution in [3.8, 4) is 5.75 Å². The molecule has 2 aliphatic rings. The number of carboxylic acids is 1. The molecule has 0 aromatic heterocycles. The molecule has 1 unspecified atom stereocenters. The Labute approximate surface area is 170 Å². The van der Waals surface area contributed by atoms with Crippen molar-refractivity contribution in [1.29, 1.82) is 0 Å². The van der Waals surface area contributed by atoms with Crippen molar-refractivity contribution >= 4 is 5.97 Å². The van der Waals surface area contributed by atoms with Gasteiger partial charge in [-0.2, -0.15) is 0 Å². The summed E-state index contributed by atoms with van der Waals surface area (Å²) in [6.45, 7) is 10.1. The molecule has 0 amide bonds. The van der Waals surface area contributed by atoms with Crippen molar-refractivity contribution in [2.75, 3.05) is 19.6 Å². The van der Waals surface area contributed by atoms with Gasteiger partial charge in [-0.15, -0.1) is 0 Å². The number of rotatable bonds is 7. The van der Waals surface area contributed by atoms with E-state index in [0.717, 1.165) is 57.0 Å². The highest BCUT2D eigenvalue weighted by Crippen LogP contribution is 2.39. The largest absolute Gasteiger partial charge is 0.490 e. The summed E-state index contributed by atoms with van der Waals surface area (Å²) in [7, 11) is 0. The molecule has 0 spiro atoms. The van der Waals surface area contributed by atoms with Gasteiger partial charge in [0, 0.05) is 13.0 Å². The monoisotopic (exact) mass is 387 g/mol. The van der Waals surface area contributed by atoms with Crippen LogP contribution in [0, 0.1) is 11.3 Å². The minimum Gasteiger partial charge on any atom is -0.490 e. The molecular weight excluding hydrogens is 350 g/mol. The maximum Gasteiger partial charge on any atom is 0.303 e. The summed E-state index contributed by atoms with van der Waals surface area (Å²) in [5.41, 5.74) is 1.79. The minimum absolute atomic E-state index is 0.269. The van der Waals surface area contributed by atoms with Crippen LogP contribution in [0.15, 0.2) is 24.3 Å². The van der Waals surface area contributed by atoms with E-state index >= 15 is 0 Å². The third kappa shape index (κ3) is 5.97. The van der Waals surface area contributed by atoms with Gasteiger partial charge in [0.15, 0.2) is 0 Å². The lowest BCUT2D eigenvalue weighted by Gasteiger charge is -2.37. The second-order valence-electron chi connectivity index (χ2n) is 9.81. The van der Waals surface area contributed by atoms with E-state index in [1.807, 2.05) is 0 Å². The number of hydrogen-bond acceptors (Lipinski definition) is 3. The number of nitrogens with zero attached hydrogens (tertiary/aromatic N) is 1. The van der Waals surface area contributed by atoms with Crippen LogP contribution in [0.5, 0.6) is 5.75 Å². The van der Waals surface area contributed by atoms with E-state index in [0.29, 0.717) is 17.4 Å². The first kappa shape index (κ1) is 21.2. The van der Waals surface area contributed by atoms with Gasteiger partial charge in [-0.1, -0.05) is 32.9 Å². The molecule has 1 saturated heterocycles. The highest BCUT2D eigenvalue weighted by molar-refractivity contribution is 5.66. The topological polar surface area (TPSA) is 49.8 Å². The third-order valence-electron chi connectivity index (χ3n) is 6.69. The molecule has 4 heteroatoms. The van der Waals surface area contributed by atoms with Gasteiger partial charge in [0.25, 0.3) is 0 Å². The third-order valence-corrected chi connectivity index (χ3v) is 6.69. The fourth-order valence-electron chi connectivity index (χ4n) is 4.82. The minimum atomic E-state index is -0.696. The van der Waals surface area contributed by atoms with Gasteiger partial charge in [-0.3, -0.25) is 4.79 Å². The lowest BCUT2D eigenvalue weighted by molar-refractivity contribution is -0.137. The van der Waals surface area contributed by atoms with Crippen LogP contribution >= 0.6 is 0 Å². The standard InChI is InChI=1S/C24H37NO3/c1-24(2,3)20-8-12-22(13-9-20)28-21-10-6-18(7-11-21)19-14-16-25(17-19)15-4-5-23(26)27/h6-7,10-11,19-20,22H,4-5,8-9,12-17H2,1-3H3,(H,26,27)/t19?,20-,22-. The van der Waals surface area contributed by atoms with Gasteiger partial charge in [0.1, 0.15) is 5.75 Å². The molecule has 1 atom stereocenters. The maximum atomic E-state index is 10.7. The van der Waals surface area contributed by atoms with Crippen molar-refractivity contribution in [3.63, 3.8) is 0 Å². The molecule has 4 nitrogen and oxygen atoms in total. The summed E-state index contributed by atoms with van der Waals surface area (Å²) in [6, 6.07) is 8.72. The SMILES string of the molecule is CC(C)(C)[C@H]1CC[C@H](Oc2ccc(C3CCN(CCCC(=O)O)C3)cc2)CC1. The zero-order valence-electron chi connectivity index (χ0n) is 17.8. The molecule has 1 aromatic rings. The van der Waals surface area contributed by atoms with Gasteiger partial charge >= 0.3 is 5.97 Å². The average Bonchev–Trinajstić information content (AvgIpc) is 3.11. The van der Waals surface area contributed by atoms with Gasteiger partial charge in [-0.25, -0.2) is 0 Å². The van der Waals surface area contributed by atoms with Gasteiger partial charge in [0.05, 0.1) is 6.10 Å². The second kappa shape index (κ2) is 9.30. The highest BCUT2D eigenvalue weighted by atomic mass is 16.5. The quantitative estimate of drug-likeness (QED) is 0.687. The first-order valence-electron chi connectivity index (χ1n) is 11.0. The molecule has 0 bridgehead atoms. The lowest BCUT2D eigenvalue weighted by Crippen LogP contribution is -2.30. The Kier molecular flexibility index (Phi) is 7.03. The van der Waals surface area contributed by atoms with Crippen LogP contribution in [0.2, 0.25) is 0 Å². The fraction of sp³-hybridized carbons (Fsp3) is 0.708. The van der Waals surface area contributed by atoms with Crippen LogP contribution in [0.4, 0.5) is 0 Å². The van der Waals surface area contributed by atoms with Crippen molar-refractivity contribution in [1.82, 2.24) is 4.90 Å². The zero-order chi connectivity index (χ0) is 20.1. The smallest absolute Gasteiger partial charge is 0.303 e. The van der Waals surface area contributed by atoms with Crippen LogP contribution in [0.25, 0.3) is 0 Å². The number of benzene rings is 1. The number of aliphatic carboxylic acids is 1. The summed E-state index contributed by atoms with van der Waals surface area (Å²) < 4.78 is 6.26. The Balaban J connectivity index is 1.44. The second-order valence-corrected chi connectivity index (χ2v) is 9.81. The van der Waals surface area contributed by atoms with E-state index in [9.17, 15) is 4.79 Å². The van der Waals surface area contributed by atoms with E-state index in [2.05, 4.69) is 49.9 Å². The Hall–Kier alpha value is -1.55. The molecule has 1 saturated carbocycles. The molecule has 2 fully saturated rings. The van der Waals surface area contributed by atoms with Crippen LogP contribution in [-0.2, 0) is 4.79 Å². The molecule has 28 heavy (non-hydrogen) atoms.